The fourth-order valence-corrected chi connectivity index (χ4v) is 4.09. The van der Waals surface area contributed by atoms with E-state index in [0.717, 1.165) is 21.4 Å². The Hall–Kier alpha value is -1.60. The molecule has 0 aliphatic rings. The molecule has 2 aromatic rings. The van der Waals surface area contributed by atoms with E-state index in [0.29, 0.717) is 29.8 Å². The van der Waals surface area contributed by atoms with Crippen LogP contribution in [0.1, 0.15) is 24.3 Å². The lowest BCUT2D eigenvalue weighted by Gasteiger charge is -2.20. The molecule has 0 bridgehead atoms. The molecule has 0 unspecified atom stereocenters. The second kappa shape index (κ2) is 7.31. The van der Waals surface area contributed by atoms with Crippen molar-refractivity contribution in [1.82, 2.24) is 14.9 Å². The first-order valence-electron chi connectivity index (χ1n) is 7.41. The van der Waals surface area contributed by atoms with Gasteiger partial charge in [-0.3, -0.25) is 4.79 Å². The molecule has 0 aliphatic carbocycles. The zero-order chi connectivity index (χ0) is 17.1. The Morgan fingerprint density at radius 1 is 1.39 bits per heavy atom. The number of nitrogen functional groups attached to an aromatic ring is 1. The quantitative estimate of drug-likeness (QED) is 0.491. The fraction of sp³-hybridized carbons (Fsp3) is 0.438. The van der Waals surface area contributed by atoms with E-state index < -0.39 is 0 Å². The van der Waals surface area contributed by atoms with Crippen LogP contribution in [0.5, 0.6) is 0 Å². The van der Waals surface area contributed by atoms with E-state index in [-0.39, 0.29) is 5.91 Å². The summed E-state index contributed by atoms with van der Waals surface area (Å²) in [5, 5.41) is 1.48. The highest BCUT2D eigenvalue weighted by Gasteiger charge is 2.16. The lowest BCUT2D eigenvalue weighted by Crippen LogP contribution is -2.33. The molecular weight excluding hydrogens is 328 g/mol. The maximum atomic E-state index is 12.3. The van der Waals surface area contributed by atoms with Crippen LogP contribution in [-0.4, -0.2) is 39.6 Å². The van der Waals surface area contributed by atoms with Crippen molar-refractivity contribution in [3.05, 3.63) is 22.6 Å². The number of carbonyl (C=O) groups is 1. The highest BCUT2D eigenvalue weighted by molar-refractivity contribution is 7.99. The number of rotatable bonds is 6. The molecule has 0 aliphatic heterocycles. The van der Waals surface area contributed by atoms with Crippen LogP contribution >= 0.6 is 23.1 Å². The first-order chi connectivity index (χ1) is 10.8. The fourth-order valence-electron chi connectivity index (χ4n) is 2.24. The predicted octanol–water partition coefficient (Wildman–Crippen LogP) is 3.41. The van der Waals surface area contributed by atoms with Gasteiger partial charge in [-0.25, -0.2) is 9.97 Å². The summed E-state index contributed by atoms with van der Waals surface area (Å²) in [6, 6.07) is 0. The summed E-state index contributed by atoms with van der Waals surface area (Å²) in [5.41, 5.74) is 8.17. The molecule has 0 fully saturated rings. The monoisotopic (exact) mass is 350 g/mol. The van der Waals surface area contributed by atoms with Gasteiger partial charge in [-0.2, -0.15) is 0 Å². The minimum absolute atomic E-state index is 0.0568. The Morgan fingerprint density at radius 3 is 2.70 bits per heavy atom. The zero-order valence-electron chi connectivity index (χ0n) is 14.0. The first kappa shape index (κ1) is 17.7. The topological polar surface area (TPSA) is 72.1 Å². The molecule has 0 aromatic carbocycles. The third-order valence-corrected chi connectivity index (χ3v) is 5.49. The number of anilines is 1. The molecule has 2 aromatic heterocycles. The minimum atomic E-state index is 0.0568. The number of thiophene rings is 1. The van der Waals surface area contributed by atoms with E-state index in [2.05, 4.69) is 16.5 Å². The Labute approximate surface area is 145 Å². The highest BCUT2D eigenvalue weighted by atomic mass is 32.2. The van der Waals surface area contributed by atoms with Gasteiger partial charge in [0.2, 0.25) is 5.91 Å². The van der Waals surface area contributed by atoms with Crippen molar-refractivity contribution >= 4 is 45.0 Å². The molecule has 0 radical (unpaired) electrons. The predicted molar refractivity (Wildman–Crippen MR) is 99.1 cm³/mol. The summed E-state index contributed by atoms with van der Waals surface area (Å²) in [4.78, 5) is 25.0. The Bertz CT molecular complexity index is 754. The number of aromatic nitrogens is 2. The average Bonchev–Trinajstić information content (AvgIpc) is 2.77. The van der Waals surface area contributed by atoms with Crippen LogP contribution in [-0.2, 0) is 4.79 Å². The van der Waals surface area contributed by atoms with Gasteiger partial charge in [-0.05, 0) is 33.3 Å². The Balaban J connectivity index is 2.13. The second-order valence-corrected chi connectivity index (χ2v) is 7.65. The van der Waals surface area contributed by atoms with Crippen molar-refractivity contribution in [2.75, 3.05) is 24.6 Å². The van der Waals surface area contributed by atoms with Crippen molar-refractivity contribution in [3.8, 4) is 0 Å². The molecule has 2 rings (SSSR count). The number of aryl methyl sites for hydroxylation is 2. The molecule has 5 nitrogen and oxygen atoms in total. The van der Waals surface area contributed by atoms with Gasteiger partial charge in [0, 0.05) is 18.0 Å². The van der Waals surface area contributed by atoms with Crippen LogP contribution < -0.4 is 5.73 Å². The summed E-state index contributed by atoms with van der Waals surface area (Å²) in [5.74, 6) is 0.845. The van der Waals surface area contributed by atoms with E-state index in [9.17, 15) is 4.79 Å². The van der Waals surface area contributed by atoms with Gasteiger partial charge in [-0.1, -0.05) is 23.9 Å². The first-order valence-corrected chi connectivity index (χ1v) is 9.21. The van der Waals surface area contributed by atoms with E-state index in [1.54, 1.807) is 16.2 Å². The third kappa shape index (κ3) is 4.03. The van der Waals surface area contributed by atoms with Gasteiger partial charge < -0.3 is 10.6 Å². The summed E-state index contributed by atoms with van der Waals surface area (Å²) in [7, 11) is 0. The Kier molecular flexibility index (Phi) is 5.64. The highest BCUT2D eigenvalue weighted by Crippen LogP contribution is 2.33. The van der Waals surface area contributed by atoms with E-state index >= 15 is 0 Å². The molecule has 23 heavy (non-hydrogen) atoms. The molecule has 2 heterocycles. The van der Waals surface area contributed by atoms with Crippen LogP contribution in [0.25, 0.3) is 10.2 Å². The number of fused-ring (bicyclic) bond motifs is 1. The van der Waals surface area contributed by atoms with Crippen molar-refractivity contribution < 1.29 is 4.79 Å². The molecule has 0 atom stereocenters. The van der Waals surface area contributed by atoms with Crippen LogP contribution in [0.2, 0.25) is 0 Å². The van der Waals surface area contributed by atoms with Gasteiger partial charge in [-0.15, -0.1) is 11.3 Å². The van der Waals surface area contributed by atoms with E-state index in [1.165, 1.54) is 16.6 Å². The van der Waals surface area contributed by atoms with Crippen molar-refractivity contribution in [2.24, 2.45) is 0 Å². The van der Waals surface area contributed by atoms with Gasteiger partial charge in [0.25, 0.3) is 0 Å². The van der Waals surface area contributed by atoms with Crippen LogP contribution in [0.4, 0.5) is 5.82 Å². The number of thioether (sulfide) groups is 1. The number of likely N-dealkylation sites (N-methyl/N-ethyl adjacent to an activating group) is 1. The standard InChI is InChI=1S/C16H22N4OS2/c1-6-20(7-9(2)3)12(21)8-22-16-18-14(17)13-10(4)11(5)23-15(13)19-16/h2,6-8H2,1,3-5H3,(H2,17,18,19). The summed E-state index contributed by atoms with van der Waals surface area (Å²) < 4.78 is 0. The molecule has 2 N–H and O–H groups in total. The SMILES string of the molecule is C=C(C)CN(CC)C(=O)CSc1nc(N)c2c(C)c(C)sc2n1. The van der Waals surface area contributed by atoms with Crippen LogP contribution in [0.15, 0.2) is 17.3 Å². The lowest BCUT2D eigenvalue weighted by molar-refractivity contribution is -0.127. The van der Waals surface area contributed by atoms with Gasteiger partial charge in [0.05, 0.1) is 11.1 Å². The van der Waals surface area contributed by atoms with Crippen molar-refractivity contribution in [3.63, 3.8) is 0 Å². The summed E-state index contributed by atoms with van der Waals surface area (Å²) >= 11 is 2.94. The van der Waals surface area contributed by atoms with Gasteiger partial charge >= 0.3 is 0 Å². The second-order valence-electron chi connectivity index (χ2n) is 5.51. The number of nitrogens with zero attached hydrogens (tertiary/aromatic N) is 3. The normalized spacial score (nSPS) is 11.0. The summed E-state index contributed by atoms with van der Waals surface area (Å²) in [6.45, 7) is 13.1. The zero-order valence-corrected chi connectivity index (χ0v) is 15.6. The van der Waals surface area contributed by atoms with E-state index in [4.69, 9.17) is 5.73 Å². The van der Waals surface area contributed by atoms with Crippen LogP contribution in [0.3, 0.4) is 0 Å². The summed E-state index contributed by atoms with van der Waals surface area (Å²) in [6.07, 6.45) is 0. The maximum absolute atomic E-state index is 12.3. The smallest absolute Gasteiger partial charge is 0.233 e. The molecule has 0 saturated heterocycles. The maximum Gasteiger partial charge on any atom is 0.233 e. The number of carbonyl (C=O) groups excluding carboxylic acids is 1. The molecule has 124 valence electrons. The molecule has 7 heteroatoms. The Morgan fingerprint density at radius 2 is 2.09 bits per heavy atom. The molecule has 0 spiro atoms. The number of amides is 1. The van der Waals surface area contributed by atoms with Crippen LogP contribution in [0, 0.1) is 13.8 Å². The number of nitrogens with two attached hydrogens (primary N) is 1. The lowest BCUT2D eigenvalue weighted by atomic mass is 10.2. The van der Waals surface area contributed by atoms with Crippen molar-refractivity contribution in [2.45, 2.75) is 32.9 Å². The van der Waals surface area contributed by atoms with Crippen molar-refractivity contribution in [1.29, 1.82) is 0 Å². The molecular formula is C16H22N4OS2. The number of hydrogen-bond acceptors (Lipinski definition) is 6. The molecule has 1 amide bonds. The average molecular weight is 351 g/mol. The number of hydrogen-bond donors (Lipinski definition) is 1. The van der Waals surface area contributed by atoms with Gasteiger partial charge in [0.1, 0.15) is 10.6 Å². The van der Waals surface area contributed by atoms with E-state index in [1.807, 2.05) is 27.7 Å². The third-order valence-electron chi connectivity index (χ3n) is 3.56. The molecule has 0 saturated carbocycles. The van der Waals surface area contributed by atoms with Gasteiger partial charge in [0.15, 0.2) is 5.16 Å². The minimum Gasteiger partial charge on any atom is -0.383 e. The largest absolute Gasteiger partial charge is 0.383 e.